The second-order valence-electron chi connectivity index (χ2n) is 4.19. The van der Waals surface area contributed by atoms with Gasteiger partial charge in [-0.05, 0) is 24.6 Å². The van der Waals surface area contributed by atoms with Crippen LogP contribution >= 0.6 is 0 Å². The number of aliphatic hydroxyl groups is 1. The third kappa shape index (κ3) is 3.78. The van der Waals surface area contributed by atoms with Crippen LogP contribution in [0.2, 0.25) is 0 Å². The van der Waals surface area contributed by atoms with Crippen LogP contribution in [0.1, 0.15) is 11.1 Å². The van der Waals surface area contributed by atoms with Gasteiger partial charge in [-0.25, -0.2) is 18.4 Å². The number of rotatable bonds is 3. The lowest BCUT2D eigenvalue weighted by Gasteiger charge is -2.09. The van der Waals surface area contributed by atoms with Gasteiger partial charge in [-0.15, -0.1) is 0 Å². The maximum Gasteiger partial charge on any atom is 0.263 e. The van der Waals surface area contributed by atoms with Crippen LogP contribution in [0.15, 0.2) is 41.8 Å². The highest BCUT2D eigenvalue weighted by molar-refractivity contribution is 7.92. The fourth-order valence-electron chi connectivity index (χ4n) is 1.67. The molecule has 0 amide bonds. The van der Waals surface area contributed by atoms with Gasteiger partial charge in [-0.1, -0.05) is 17.9 Å². The van der Waals surface area contributed by atoms with E-state index in [4.69, 9.17) is 5.11 Å². The number of nitrogens with zero attached hydrogens (tertiary/aromatic N) is 2. The minimum absolute atomic E-state index is 0.0397. The van der Waals surface area contributed by atoms with E-state index in [2.05, 4.69) is 26.5 Å². The largest absolute Gasteiger partial charge is 0.384 e. The van der Waals surface area contributed by atoms with Crippen molar-refractivity contribution in [2.45, 2.75) is 11.8 Å². The molecule has 2 N–H and O–H groups in total. The molecule has 0 spiro atoms. The van der Waals surface area contributed by atoms with Gasteiger partial charge < -0.3 is 5.11 Å². The number of hydrogen-bond donors (Lipinski definition) is 2. The van der Waals surface area contributed by atoms with Gasteiger partial charge in [0.25, 0.3) is 10.0 Å². The molecule has 1 aromatic heterocycles. The molecule has 6 nitrogen and oxygen atoms in total. The topological polar surface area (TPSA) is 92.2 Å². The lowest BCUT2D eigenvalue weighted by atomic mass is 10.1. The van der Waals surface area contributed by atoms with E-state index in [-0.39, 0.29) is 17.2 Å². The van der Waals surface area contributed by atoms with Gasteiger partial charge in [0, 0.05) is 5.56 Å². The van der Waals surface area contributed by atoms with Gasteiger partial charge in [0.15, 0.2) is 0 Å². The van der Waals surface area contributed by atoms with Gasteiger partial charge in [0.05, 0.1) is 18.1 Å². The van der Waals surface area contributed by atoms with Crippen LogP contribution < -0.4 is 4.72 Å². The molecule has 1 heterocycles. The van der Waals surface area contributed by atoms with Crippen molar-refractivity contribution >= 4 is 15.7 Å². The third-order valence-corrected chi connectivity index (χ3v) is 3.98. The molecule has 2 aromatic rings. The summed E-state index contributed by atoms with van der Waals surface area (Å²) >= 11 is 0. The second-order valence-corrected chi connectivity index (χ2v) is 5.84. The molecule has 21 heavy (non-hydrogen) atoms. The Balaban J connectivity index is 2.45. The van der Waals surface area contributed by atoms with Gasteiger partial charge in [-0.3, -0.25) is 4.72 Å². The second kappa shape index (κ2) is 6.35. The van der Waals surface area contributed by atoms with Crippen molar-refractivity contribution in [3.63, 3.8) is 0 Å². The number of sulfonamides is 1. The molecule has 0 saturated carbocycles. The van der Waals surface area contributed by atoms with E-state index in [9.17, 15) is 8.42 Å². The number of benzene rings is 1. The number of anilines is 1. The minimum Gasteiger partial charge on any atom is -0.384 e. The zero-order chi connectivity index (χ0) is 15.3. The fourth-order valence-corrected chi connectivity index (χ4v) is 2.84. The predicted molar refractivity (Wildman–Crippen MR) is 78.0 cm³/mol. The van der Waals surface area contributed by atoms with E-state index in [1.165, 1.54) is 24.8 Å². The summed E-state index contributed by atoms with van der Waals surface area (Å²) in [5, 5.41) is 8.77. The number of aryl methyl sites for hydroxylation is 1. The Morgan fingerprint density at radius 2 is 2.00 bits per heavy atom. The highest BCUT2D eigenvalue weighted by atomic mass is 32.2. The summed E-state index contributed by atoms with van der Waals surface area (Å²) in [6.07, 6.45) is 4.03. The Hall–Kier alpha value is -2.43. The predicted octanol–water partition coefficient (Wildman–Crippen LogP) is 0.930. The fraction of sp³-hybridized carbons (Fsp3) is 0.143. The Labute approximate surface area is 122 Å². The first-order valence-corrected chi connectivity index (χ1v) is 7.49. The highest BCUT2D eigenvalue weighted by Gasteiger charge is 2.18. The van der Waals surface area contributed by atoms with Crippen LogP contribution in [0, 0.1) is 18.8 Å². The van der Waals surface area contributed by atoms with Gasteiger partial charge >= 0.3 is 0 Å². The molecule has 7 heteroatoms. The van der Waals surface area contributed by atoms with Crippen molar-refractivity contribution in [2.75, 3.05) is 11.3 Å². The zero-order valence-corrected chi connectivity index (χ0v) is 12.1. The first-order valence-electron chi connectivity index (χ1n) is 6.01. The summed E-state index contributed by atoms with van der Waals surface area (Å²) < 4.78 is 27.2. The summed E-state index contributed by atoms with van der Waals surface area (Å²) in [7, 11) is -3.81. The standard InChI is InChI=1S/C14H13N3O3S/c1-11-4-5-14(12(7-11)3-2-6-18)21(19,20)17-13-8-15-10-16-9-13/h4-5,7-10,17-18H,6H2,1H3. The normalized spacial score (nSPS) is 10.6. The van der Waals surface area contributed by atoms with E-state index < -0.39 is 10.0 Å². The van der Waals surface area contributed by atoms with Crippen LogP contribution in [0.3, 0.4) is 0 Å². The summed E-state index contributed by atoms with van der Waals surface area (Å²) in [5.41, 5.74) is 1.46. The molecular formula is C14H13N3O3S. The Morgan fingerprint density at radius 3 is 2.67 bits per heavy atom. The van der Waals surface area contributed by atoms with Crippen LogP contribution in [0.25, 0.3) is 0 Å². The Kier molecular flexibility index (Phi) is 4.52. The summed E-state index contributed by atoms with van der Waals surface area (Å²) in [4.78, 5) is 7.54. The number of nitrogens with one attached hydrogen (secondary N) is 1. The molecule has 0 fully saturated rings. The van der Waals surface area contributed by atoms with Crippen LogP contribution in [-0.2, 0) is 10.0 Å². The van der Waals surface area contributed by atoms with E-state index >= 15 is 0 Å². The van der Waals surface area contributed by atoms with Gasteiger partial charge in [-0.2, -0.15) is 0 Å². The molecule has 108 valence electrons. The zero-order valence-electron chi connectivity index (χ0n) is 11.2. The van der Waals surface area contributed by atoms with E-state index in [1.54, 1.807) is 12.1 Å². The van der Waals surface area contributed by atoms with Crippen molar-refractivity contribution in [3.8, 4) is 11.8 Å². The first-order chi connectivity index (χ1) is 10.0. The smallest absolute Gasteiger partial charge is 0.263 e. The van der Waals surface area contributed by atoms with E-state index in [0.29, 0.717) is 5.56 Å². The maximum atomic E-state index is 12.4. The molecule has 0 aliphatic rings. The van der Waals surface area contributed by atoms with Gasteiger partial charge in [0.1, 0.15) is 17.8 Å². The van der Waals surface area contributed by atoms with Crippen LogP contribution in [0.5, 0.6) is 0 Å². The Morgan fingerprint density at radius 1 is 1.29 bits per heavy atom. The monoisotopic (exact) mass is 303 g/mol. The number of aromatic nitrogens is 2. The van der Waals surface area contributed by atoms with Crippen molar-refractivity contribution in [1.82, 2.24) is 9.97 Å². The number of hydrogen-bond acceptors (Lipinski definition) is 5. The molecule has 0 bridgehead atoms. The Bertz CT molecular complexity index is 793. The van der Waals surface area contributed by atoms with Crippen LogP contribution in [0.4, 0.5) is 5.69 Å². The molecule has 2 rings (SSSR count). The average Bonchev–Trinajstić information content (AvgIpc) is 2.45. The van der Waals surface area contributed by atoms with E-state index in [1.807, 2.05) is 6.92 Å². The quantitative estimate of drug-likeness (QED) is 0.823. The van der Waals surface area contributed by atoms with Crippen molar-refractivity contribution in [2.24, 2.45) is 0 Å². The molecule has 0 saturated heterocycles. The molecule has 0 atom stereocenters. The molecule has 0 aliphatic heterocycles. The molecule has 0 unspecified atom stereocenters. The van der Waals surface area contributed by atoms with Crippen molar-refractivity contribution in [1.29, 1.82) is 0 Å². The average molecular weight is 303 g/mol. The molecule has 0 radical (unpaired) electrons. The SMILES string of the molecule is Cc1ccc(S(=O)(=O)Nc2cncnc2)c(C#CCO)c1. The third-order valence-electron chi connectivity index (χ3n) is 2.54. The maximum absolute atomic E-state index is 12.4. The summed E-state index contributed by atoms with van der Waals surface area (Å²) in [5.74, 6) is 5.10. The lowest BCUT2D eigenvalue weighted by Crippen LogP contribution is -2.14. The summed E-state index contributed by atoms with van der Waals surface area (Å²) in [6.45, 7) is 1.49. The summed E-state index contributed by atoms with van der Waals surface area (Å²) in [6, 6.07) is 4.81. The molecule has 1 aromatic carbocycles. The van der Waals surface area contributed by atoms with Crippen LogP contribution in [-0.4, -0.2) is 30.1 Å². The lowest BCUT2D eigenvalue weighted by molar-refractivity contribution is 0.350. The number of aliphatic hydroxyl groups excluding tert-OH is 1. The van der Waals surface area contributed by atoms with E-state index in [0.717, 1.165) is 5.56 Å². The minimum atomic E-state index is -3.81. The van der Waals surface area contributed by atoms with Crippen molar-refractivity contribution in [3.05, 3.63) is 48.0 Å². The first kappa shape index (κ1) is 15.0. The molecule has 0 aliphatic carbocycles. The van der Waals surface area contributed by atoms with Crippen molar-refractivity contribution < 1.29 is 13.5 Å². The molecular weight excluding hydrogens is 290 g/mol. The van der Waals surface area contributed by atoms with Gasteiger partial charge in [0.2, 0.25) is 0 Å². The highest BCUT2D eigenvalue weighted by Crippen LogP contribution is 2.19.